The number of piperazine rings is 1. The molecular weight excluding hydrogens is 254 g/mol. The predicted molar refractivity (Wildman–Crippen MR) is 78.2 cm³/mol. The fourth-order valence-electron chi connectivity index (χ4n) is 3.40. The summed E-state index contributed by atoms with van der Waals surface area (Å²) in [5.74, 6) is 0.0710. The molecule has 1 aromatic rings. The topological polar surface area (TPSA) is 78.0 Å². The van der Waals surface area contributed by atoms with Crippen molar-refractivity contribution in [2.75, 3.05) is 24.5 Å². The summed E-state index contributed by atoms with van der Waals surface area (Å²) in [5, 5.41) is 12.0. The summed E-state index contributed by atoms with van der Waals surface area (Å²) in [5.41, 5.74) is 7.28. The van der Waals surface area contributed by atoms with Crippen LogP contribution in [0.4, 0.5) is 5.69 Å². The lowest BCUT2D eigenvalue weighted by molar-refractivity contribution is 0.203. The van der Waals surface area contributed by atoms with Gasteiger partial charge >= 0.3 is 0 Å². The van der Waals surface area contributed by atoms with Crippen molar-refractivity contribution in [3.05, 3.63) is 24.0 Å². The maximum Gasteiger partial charge on any atom is 0.190 e. The minimum Gasteiger partial charge on any atom is -0.409 e. The molecule has 0 spiro atoms. The average Bonchev–Trinajstić information content (AvgIpc) is 2.92. The summed E-state index contributed by atoms with van der Waals surface area (Å²) in [6, 6.07) is 4.92. The van der Waals surface area contributed by atoms with Crippen LogP contribution in [0, 0.1) is 0 Å². The third-order valence-electron chi connectivity index (χ3n) is 4.38. The molecule has 6 nitrogen and oxygen atoms in total. The molecule has 2 aliphatic rings. The minimum atomic E-state index is 0.0710. The van der Waals surface area contributed by atoms with Gasteiger partial charge in [-0.05, 0) is 38.4 Å². The Morgan fingerprint density at radius 3 is 3.15 bits per heavy atom. The van der Waals surface area contributed by atoms with Crippen LogP contribution in [-0.4, -0.2) is 52.6 Å². The molecule has 0 radical (unpaired) electrons. The highest BCUT2D eigenvalue weighted by Crippen LogP contribution is 2.29. The Kier molecular flexibility index (Phi) is 3.48. The molecule has 0 aromatic carbocycles. The molecule has 2 fully saturated rings. The van der Waals surface area contributed by atoms with E-state index in [0.717, 1.165) is 18.8 Å². The number of amidine groups is 1. The molecule has 108 valence electrons. The normalized spacial score (nSPS) is 27.6. The smallest absolute Gasteiger partial charge is 0.190 e. The van der Waals surface area contributed by atoms with Crippen molar-refractivity contribution in [1.82, 2.24) is 9.88 Å². The summed E-state index contributed by atoms with van der Waals surface area (Å²) in [4.78, 5) is 9.18. The Bertz CT molecular complexity index is 518. The fraction of sp³-hybridized carbons (Fsp3) is 0.571. The second-order valence-electron chi connectivity index (χ2n) is 5.65. The molecule has 3 heterocycles. The molecule has 3 rings (SSSR count). The molecule has 0 amide bonds. The van der Waals surface area contributed by atoms with E-state index in [-0.39, 0.29) is 5.84 Å². The van der Waals surface area contributed by atoms with Gasteiger partial charge in [0, 0.05) is 31.4 Å². The van der Waals surface area contributed by atoms with Crippen molar-refractivity contribution in [2.24, 2.45) is 10.9 Å². The number of oxime groups is 1. The first-order valence-corrected chi connectivity index (χ1v) is 7.14. The predicted octanol–water partition coefficient (Wildman–Crippen LogP) is 0.849. The van der Waals surface area contributed by atoms with E-state index in [1.807, 2.05) is 12.1 Å². The summed E-state index contributed by atoms with van der Waals surface area (Å²) in [7, 11) is 0. The lowest BCUT2D eigenvalue weighted by Crippen LogP contribution is -2.55. The Labute approximate surface area is 118 Å². The van der Waals surface area contributed by atoms with E-state index in [2.05, 4.69) is 26.9 Å². The number of hydrogen-bond donors (Lipinski definition) is 2. The van der Waals surface area contributed by atoms with Crippen LogP contribution in [-0.2, 0) is 0 Å². The van der Waals surface area contributed by atoms with Crippen molar-refractivity contribution in [3.8, 4) is 0 Å². The standard InChI is InChI=1S/C14H21N5O/c1-10-8-18-7-3-4-11(18)9-19(10)12-5-2-6-16-13(12)14(15)17-20/h2,5-6,10-11,20H,3-4,7-9H2,1H3,(H2,15,17). The van der Waals surface area contributed by atoms with E-state index in [9.17, 15) is 0 Å². The van der Waals surface area contributed by atoms with Crippen LogP contribution >= 0.6 is 0 Å². The lowest BCUT2D eigenvalue weighted by atomic mass is 10.1. The SMILES string of the molecule is CC1CN2CCCC2CN1c1cccnc1/C(N)=N/O. The van der Waals surface area contributed by atoms with Gasteiger partial charge in [0.25, 0.3) is 0 Å². The zero-order valence-electron chi connectivity index (χ0n) is 11.7. The Morgan fingerprint density at radius 2 is 2.35 bits per heavy atom. The maximum atomic E-state index is 8.92. The van der Waals surface area contributed by atoms with Gasteiger partial charge in [-0.15, -0.1) is 0 Å². The first kappa shape index (κ1) is 13.2. The van der Waals surface area contributed by atoms with Crippen molar-refractivity contribution < 1.29 is 5.21 Å². The Balaban J connectivity index is 1.92. The highest BCUT2D eigenvalue weighted by molar-refractivity contribution is 6.00. The molecular formula is C14H21N5O. The van der Waals surface area contributed by atoms with E-state index < -0.39 is 0 Å². The van der Waals surface area contributed by atoms with Crippen molar-refractivity contribution in [2.45, 2.75) is 31.8 Å². The largest absolute Gasteiger partial charge is 0.409 e. The van der Waals surface area contributed by atoms with Gasteiger partial charge in [0.15, 0.2) is 5.84 Å². The van der Waals surface area contributed by atoms with Crippen LogP contribution in [0.1, 0.15) is 25.5 Å². The van der Waals surface area contributed by atoms with Gasteiger partial charge < -0.3 is 15.8 Å². The van der Waals surface area contributed by atoms with E-state index >= 15 is 0 Å². The third kappa shape index (κ3) is 2.20. The van der Waals surface area contributed by atoms with Crippen LogP contribution in [0.25, 0.3) is 0 Å². The third-order valence-corrected chi connectivity index (χ3v) is 4.38. The van der Waals surface area contributed by atoms with Crippen LogP contribution < -0.4 is 10.6 Å². The van der Waals surface area contributed by atoms with Gasteiger partial charge in [-0.25, -0.2) is 0 Å². The second kappa shape index (κ2) is 5.28. The summed E-state index contributed by atoms with van der Waals surface area (Å²) >= 11 is 0. The number of nitrogens with zero attached hydrogens (tertiary/aromatic N) is 4. The fourth-order valence-corrected chi connectivity index (χ4v) is 3.40. The van der Waals surface area contributed by atoms with Gasteiger partial charge in [0.2, 0.25) is 0 Å². The zero-order chi connectivity index (χ0) is 14.1. The molecule has 0 saturated carbocycles. The second-order valence-corrected chi connectivity index (χ2v) is 5.65. The van der Waals surface area contributed by atoms with Crippen molar-refractivity contribution >= 4 is 11.5 Å². The highest BCUT2D eigenvalue weighted by atomic mass is 16.4. The van der Waals surface area contributed by atoms with Gasteiger partial charge in [-0.3, -0.25) is 9.88 Å². The van der Waals surface area contributed by atoms with Crippen molar-refractivity contribution in [3.63, 3.8) is 0 Å². The van der Waals surface area contributed by atoms with Gasteiger partial charge in [-0.2, -0.15) is 0 Å². The molecule has 2 unspecified atom stereocenters. The van der Waals surface area contributed by atoms with Gasteiger partial charge in [0.05, 0.1) is 5.69 Å². The van der Waals surface area contributed by atoms with Crippen LogP contribution in [0.15, 0.2) is 23.5 Å². The molecule has 0 bridgehead atoms. The number of pyridine rings is 1. The van der Waals surface area contributed by atoms with E-state index in [1.165, 1.54) is 19.4 Å². The summed E-state index contributed by atoms with van der Waals surface area (Å²) in [6.07, 6.45) is 4.21. The number of hydrogen-bond acceptors (Lipinski definition) is 5. The van der Waals surface area contributed by atoms with Crippen LogP contribution in [0.3, 0.4) is 0 Å². The maximum absolute atomic E-state index is 8.92. The highest BCUT2D eigenvalue weighted by Gasteiger charge is 2.35. The quantitative estimate of drug-likeness (QED) is 0.362. The number of nitrogens with two attached hydrogens (primary N) is 1. The Hall–Kier alpha value is -1.82. The minimum absolute atomic E-state index is 0.0710. The summed E-state index contributed by atoms with van der Waals surface area (Å²) in [6.45, 7) is 5.48. The monoisotopic (exact) mass is 275 g/mol. The van der Waals surface area contributed by atoms with Crippen LogP contribution in [0.5, 0.6) is 0 Å². The number of aromatic nitrogens is 1. The first-order chi connectivity index (χ1) is 9.70. The zero-order valence-corrected chi connectivity index (χ0v) is 11.7. The molecule has 3 N–H and O–H groups in total. The average molecular weight is 275 g/mol. The van der Waals surface area contributed by atoms with Crippen molar-refractivity contribution in [1.29, 1.82) is 0 Å². The molecule has 2 atom stereocenters. The van der Waals surface area contributed by atoms with E-state index in [0.29, 0.717) is 17.8 Å². The van der Waals surface area contributed by atoms with E-state index in [4.69, 9.17) is 10.9 Å². The summed E-state index contributed by atoms with van der Waals surface area (Å²) < 4.78 is 0. The van der Waals surface area contributed by atoms with E-state index in [1.54, 1.807) is 6.20 Å². The molecule has 2 aliphatic heterocycles. The van der Waals surface area contributed by atoms with Gasteiger partial charge in [0.1, 0.15) is 5.69 Å². The van der Waals surface area contributed by atoms with Crippen LogP contribution in [0.2, 0.25) is 0 Å². The first-order valence-electron chi connectivity index (χ1n) is 7.14. The molecule has 2 saturated heterocycles. The Morgan fingerprint density at radius 1 is 1.50 bits per heavy atom. The number of anilines is 1. The molecule has 1 aromatic heterocycles. The lowest BCUT2D eigenvalue weighted by Gasteiger charge is -2.44. The van der Waals surface area contributed by atoms with Gasteiger partial charge in [-0.1, -0.05) is 5.16 Å². The molecule has 20 heavy (non-hydrogen) atoms. The number of rotatable bonds is 2. The molecule has 6 heteroatoms. The number of fused-ring (bicyclic) bond motifs is 1. The molecule has 0 aliphatic carbocycles.